The average molecular weight is 213 g/mol. The summed E-state index contributed by atoms with van der Waals surface area (Å²) in [5, 5.41) is 0. The van der Waals surface area contributed by atoms with Crippen LogP contribution in [0, 0.1) is 6.92 Å². The molecule has 0 saturated heterocycles. The number of rotatable bonds is 2. The summed E-state index contributed by atoms with van der Waals surface area (Å²) < 4.78 is 1.77. The first-order chi connectivity index (χ1) is 7.70. The van der Waals surface area contributed by atoms with E-state index in [-0.39, 0.29) is 11.6 Å². The van der Waals surface area contributed by atoms with E-state index in [9.17, 15) is 4.79 Å². The SMILES string of the molecule is Cc1cccn(C(C)c2ccccc2)c1=O. The molecule has 0 bridgehead atoms. The van der Waals surface area contributed by atoms with Gasteiger partial charge < -0.3 is 4.57 Å². The smallest absolute Gasteiger partial charge is 0.254 e. The van der Waals surface area contributed by atoms with Crippen molar-refractivity contribution in [1.82, 2.24) is 4.57 Å². The monoisotopic (exact) mass is 213 g/mol. The van der Waals surface area contributed by atoms with Gasteiger partial charge in [0.1, 0.15) is 0 Å². The van der Waals surface area contributed by atoms with Crippen molar-refractivity contribution in [3.63, 3.8) is 0 Å². The van der Waals surface area contributed by atoms with E-state index in [1.165, 1.54) is 0 Å². The maximum atomic E-state index is 11.9. The van der Waals surface area contributed by atoms with Gasteiger partial charge in [0.25, 0.3) is 5.56 Å². The molecule has 0 radical (unpaired) electrons. The molecular formula is C14H15NO. The lowest BCUT2D eigenvalue weighted by atomic mass is 10.1. The molecule has 0 spiro atoms. The molecule has 2 aromatic rings. The second-order valence-electron chi connectivity index (χ2n) is 3.99. The molecule has 0 amide bonds. The number of benzene rings is 1. The third kappa shape index (κ3) is 1.91. The quantitative estimate of drug-likeness (QED) is 0.751. The lowest BCUT2D eigenvalue weighted by Crippen LogP contribution is -2.24. The van der Waals surface area contributed by atoms with Crippen LogP contribution in [0.2, 0.25) is 0 Å². The zero-order chi connectivity index (χ0) is 11.5. The molecule has 1 heterocycles. The number of hydrogen-bond donors (Lipinski definition) is 0. The molecule has 16 heavy (non-hydrogen) atoms. The minimum atomic E-state index is 0.0774. The van der Waals surface area contributed by atoms with Gasteiger partial charge in [-0.3, -0.25) is 4.79 Å². The van der Waals surface area contributed by atoms with Gasteiger partial charge in [-0.15, -0.1) is 0 Å². The molecular weight excluding hydrogens is 198 g/mol. The number of hydrogen-bond acceptors (Lipinski definition) is 1. The minimum absolute atomic E-state index is 0.0774. The van der Waals surface area contributed by atoms with Crippen molar-refractivity contribution in [3.8, 4) is 0 Å². The van der Waals surface area contributed by atoms with E-state index in [1.54, 1.807) is 4.57 Å². The molecule has 2 nitrogen and oxygen atoms in total. The predicted molar refractivity (Wildman–Crippen MR) is 65.7 cm³/mol. The third-order valence-electron chi connectivity index (χ3n) is 2.86. The minimum Gasteiger partial charge on any atom is -0.308 e. The van der Waals surface area contributed by atoms with Crippen molar-refractivity contribution in [3.05, 3.63) is 70.1 Å². The van der Waals surface area contributed by atoms with Crippen LogP contribution in [0.5, 0.6) is 0 Å². The molecule has 1 aromatic carbocycles. The van der Waals surface area contributed by atoms with Crippen LogP contribution in [0.25, 0.3) is 0 Å². The summed E-state index contributed by atoms with van der Waals surface area (Å²) in [5.74, 6) is 0. The van der Waals surface area contributed by atoms with Crippen LogP contribution >= 0.6 is 0 Å². The topological polar surface area (TPSA) is 22.0 Å². The van der Waals surface area contributed by atoms with Crippen LogP contribution in [0.15, 0.2) is 53.5 Å². The molecule has 0 aliphatic rings. The second kappa shape index (κ2) is 4.35. The fraction of sp³-hybridized carbons (Fsp3) is 0.214. The van der Waals surface area contributed by atoms with Gasteiger partial charge in [0.2, 0.25) is 0 Å². The highest BCUT2D eigenvalue weighted by molar-refractivity contribution is 5.20. The Morgan fingerprint density at radius 2 is 1.75 bits per heavy atom. The van der Waals surface area contributed by atoms with Crippen molar-refractivity contribution in [2.75, 3.05) is 0 Å². The standard InChI is InChI=1S/C14H15NO/c1-11-7-6-10-15(14(11)16)12(2)13-8-4-3-5-9-13/h3-10,12H,1-2H3. The molecule has 0 aliphatic carbocycles. The molecule has 0 fully saturated rings. The van der Waals surface area contributed by atoms with Gasteiger partial charge in [0.15, 0.2) is 0 Å². The Hall–Kier alpha value is -1.83. The van der Waals surface area contributed by atoms with Gasteiger partial charge in [0.05, 0.1) is 6.04 Å². The molecule has 2 heteroatoms. The lowest BCUT2D eigenvalue weighted by molar-refractivity contribution is 0.611. The summed E-state index contributed by atoms with van der Waals surface area (Å²) in [7, 11) is 0. The van der Waals surface area contributed by atoms with E-state index in [2.05, 4.69) is 0 Å². The van der Waals surface area contributed by atoms with Gasteiger partial charge in [-0.05, 0) is 25.5 Å². The lowest BCUT2D eigenvalue weighted by Gasteiger charge is -2.15. The van der Waals surface area contributed by atoms with E-state index in [1.807, 2.05) is 62.5 Å². The number of aromatic nitrogens is 1. The van der Waals surface area contributed by atoms with Gasteiger partial charge >= 0.3 is 0 Å². The van der Waals surface area contributed by atoms with Crippen molar-refractivity contribution in [2.45, 2.75) is 19.9 Å². The van der Waals surface area contributed by atoms with Gasteiger partial charge in [-0.25, -0.2) is 0 Å². The van der Waals surface area contributed by atoms with Crippen LogP contribution in [0.3, 0.4) is 0 Å². The average Bonchev–Trinajstić information content (AvgIpc) is 2.33. The van der Waals surface area contributed by atoms with E-state index in [4.69, 9.17) is 0 Å². The largest absolute Gasteiger partial charge is 0.308 e. The van der Waals surface area contributed by atoms with E-state index < -0.39 is 0 Å². The highest BCUT2D eigenvalue weighted by atomic mass is 16.1. The predicted octanol–water partition coefficient (Wildman–Crippen LogP) is 2.77. The fourth-order valence-corrected chi connectivity index (χ4v) is 1.82. The van der Waals surface area contributed by atoms with Crippen molar-refractivity contribution in [2.24, 2.45) is 0 Å². The van der Waals surface area contributed by atoms with Crippen molar-refractivity contribution < 1.29 is 0 Å². The highest BCUT2D eigenvalue weighted by Gasteiger charge is 2.08. The van der Waals surface area contributed by atoms with Gasteiger partial charge in [-0.1, -0.05) is 36.4 Å². The Balaban J connectivity index is 2.46. The zero-order valence-electron chi connectivity index (χ0n) is 9.55. The molecule has 1 unspecified atom stereocenters. The van der Waals surface area contributed by atoms with Gasteiger partial charge in [-0.2, -0.15) is 0 Å². The maximum Gasteiger partial charge on any atom is 0.254 e. The van der Waals surface area contributed by atoms with Crippen molar-refractivity contribution >= 4 is 0 Å². The Morgan fingerprint density at radius 1 is 1.06 bits per heavy atom. The summed E-state index contributed by atoms with van der Waals surface area (Å²) in [6.45, 7) is 3.88. The number of pyridine rings is 1. The summed E-state index contributed by atoms with van der Waals surface area (Å²) in [6, 6.07) is 13.9. The third-order valence-corrected chi connectivity index (χ3v) is 2.86. The zero-order valence-corrected chi connectivity index (χ0v) is 9.55. The Morgan fingerprint density at radius 3 is 2.44 bits per heavy atom. The van der Waals surface area contributed by atoms with Crippen LogP contribution in [-0.2, 0) is 0 Å². The van der Waals surface area contributed by atoms with E-state index in [0.29, 0.717) is 0 Å². The van der Waals surface area contributed by atoms with Crippen LogP contribution in [-0.4, -0.2) is 4.57 Å². The highest BCUT2D eigenvalue weighted by Crippen LogP contribution is 2.15. The fourth-order valence-electron chi connectivity index (χ4n) is 1.82. The van der Waals surface area contributed by atoms with E-state index in [0.717, 1.165) is 11.1 Å². The molecule has 0 aliphatic heterocycles. The van der Waals surface area contributed by atoms with Crippen LogP contribution < -0.4 is 5.56 Å². The van der Waals surface area contributed by atoms with Crippen LogP contribution in [0.4, 0.5) is 0 Å². The first kappa shape index (κ1) is 10.7. The number of aryl methyl sites for hydroxylation is 1. The normalized spacial score (nSPS) is 12.4. The molecule has 1 aromatic heterocycles. The molecule has 1 atom stereocenters. The Labute approximate surface area is 95.2 Å². The summed E-state index contributed by atoms with van der Waals surface area (Å²) >= 11 is 0. The summed E-state index contributed by atoms with van der Waals surface area (Å²) in [6.07, 6.45) is 1.84. The summed E-state index contributed by atoms with van der Waals surface area (Å²) in [5.41, 5.74) is 2.01. The molecule has 0 N–H and O–H groups in total. The Kier molecular flexibility index (Phi) is 2.91. The van der Waals surface area contributed by atoms with Gasteiger partial charge in [0, 0.05) is 11.8 Å². The molecule has 2 rings (SSSR count). The maximum absolute atomic E-state index is 11.9. The first-order valence-electron chi connectivity index (χ1n) is 5.43. The second-order valence-corrected chi connectivity index (χ2v) is 3.99. The van der Waals surface area contributed by atoms with Crippen LogP contribution in [0.1, 0.15) is 24.1 Å². The Bertz CT molecular complexity index is 528. The number of nitrogens with zero attached hydrogens (tertiary/aromatic N) is 1. The van der Waals surface area contributed by atoms with E-state index >= 15 is 0 Å². The van der Waals surface area contributed by atoms with Crippen molar-refractivity contribution in [1.29, 1.82) is 0 Å². The molecule has 82 valence electrons. The first-order valence-corrected chi connectivity index (χ1v) is 5.43. The molecule has 0 saturated carbocycles. The summed E-state index contributed by atoms with van der Waals surface area (Å²) in [4.78, 5) is 11.9.